The van der Waals surface area contributed by atoms with Gasteiger partial charge in [0.05, 0.1) is 6.54 Å². The molecule has 2 aliphatic rings. The number of hydrogen-bond acceptors (Lipinski definition) is 4. The highest BCUT2D eigenvalue weighted by atomic mass is 32.2. The molecule has 1 N–H and O–H groups in total. The maximum atomic E-state index is 11.7. The van der Waals surface area contributed by atoms with Crippen LogP contribution in [0, 0.1) is 11.8 Å². The Hall–Kier alpha value is -0.840. The van der Waals surface area contributed by atoms with E-state index in [1.807, 2.05) is 18.0 Å². The lowest BCUT2D eigenvalue weighted by atomic mass is 9.94. The second-order valence-electron chi connectivity index (χ2n) is 6.43. The molecule has 0 unspecified atom stereocenters. The molecule has 2 fully saturated rings. The zero-order chi connectivity index (χ0) is 15.2. The number of thioether (sulfide) groups is 1. The van der Waals surface area contributed by atoms with Gasteiger partial charge >= 0.3 is 0 Å². The summed E-state index contributed by atoms with van der Waals surface area (Å²) in [5.41, 5.74) is 0. The number of fused-ring (bicyclic) bond motifs is 1. The van der Waals surface area contributed by atoms with Gasteiger partial charge < -0.3 is 5.32 Å². The minimum atomic E-state index is 0.216. The third kappa shape index (κ3) is 5.13. The van der Waals surface area contributed by atoms with Crippen LogP contribution in [0.1, 0.15) is 46.0 Å². The molecular formula is C16H26N2O2S. The van der Waals surface area contributed by atoms with Crippen molar-refractivity contribution in [2.24, 2.45) is 16.8 Å². The van der Waals surface area contributed by atoms with Crippen LogP contribution in [0.3, 0.4) is 0 Å². The minimum absolute atomic E-state index is 0.216. The van der Waals surface area contributed by atoms with E-state index in [1.165, 1.54) is 0 Å². The van der Waals surface area contributed by atoms with Gasteiger partial charge in [-0.05, 0) is 18.8 Å². The third-order valence-corrected chi connectivity index (χ3v) is 5.68. The van der Waals surface area contributed by atoms with E-state index in [0.29, 0.717) is 42.5 Å². The molecule has 0 saturated carbocycles. The predicted molar refractivity (Wildman–Crippen MR) is 88.0 cm³/mol. The van der Waals surface area contributed by atoms with E-state index in [1.54, 1.807) is 0 Å². The van der Waals surface area contributed by atoms with Gasteiger partial charge in [0.2, 0.25) is 5.91 Å². The maximum Gasteiger partial charge on any atom is 0.220 e. The highest BCUT2D eigenvalue weighted by molar-refractivity contribution is 8.00. The predicted octanol–water partition coefficient (Wildman–Crippen LogP) is 2.46. The maximum absolute atomic E-state index is 11.7. The monoisotopic (exact) mass is 310 g/mol. The van der Waals surface area contributed by atoms with E-state index in [0.717, 1.165) is 25.0 Å². The first-order chi connectivity index (χ1) is 10.1. The Morgan fingerprint density at radius 2 is 2.29 bits per heavy atom. The highest BCUT2D eigenvalue weighted by Gasteiger charge is 2.42. The second-order valence-corrected chi connectivity index (χ2v) is 7.70. The number of aliphatic imine (C=N–C) groups is 1. The number of ketones is 1. The normalized spacial score (nSPS) is 28.3. The molecule has 0 radical (unpaired) electrons. The summed E-state index contributed by atoms with van der Waals surface area (Å²) in [6, 6.07) is 0.402. The van der Waals surface area contributed by atoms with Crippen molar-refractivity contribution in [3.05, 3.63) is 0 Å². The molecule has 4 nitrogen and oxygen atoms in total. The highest BCUT2D eigenvalue weighted by Crippen LogP contribution is 2.40. The van der Waals surface area contributed by atoms with Crippen LogP contribution in [0.15, 0.2) is 4.99 Å². The molecule has 1 amide bonds. The van der Waals surface area contributed by atoms with Crippen LogP contribution in [-0.4, -0.2) is 41.5 Å². The molecule has 0 aromatic heterocycles. The van der Waals surface area contributed by atoms with Crippen molar-refractivity contribution >= 4 is 29.7 Å². The fourth-order valence-corrected chi connectivity index (χ4v) is 4.70. The molecule has 0 bridgehead atoms. The first-order valence-electron chi connectivity index (χ1n) is 7.99. The van der Waals surface area contributed by atoms with Crippen LogP contribution < -0.4 is 5.32 Å². The Labute approximate surface area is 131 Å². The number of carbonyl (C=O) groups is 2. The molecule has 5 heteroatoms. The summed E-state index contributed by atoms with van der Waals surface area (Å²) in [5.74, 6) is 2.45. The lowest BCUT2D eigenvalue weighted by Crippen LogP contribution is -2.29. The summed E-state index contributed by atoms with van der Waals surface area (Å²) in [5, 5.41) is 3.66. The number of carbonyl (C=O) groups excluding carboxylic acids is 2. The quantitative estimate of drug-likeness (QED) is 0.553. The molecule has 2 saturated heterocycles. The SMILES string of the molecule is CC(C)C=NCC(=O)CCCC[C@@H]1SC[C@@H]2NC(=O)C[C@@H]21. The van der Waals surface area contributed by atoms with Crippen LogP contribution in [0.25, 0.3) is 0 Å². The smallest absolute Gasteiger partial charge is 0.220 e. The van der Waals surface area contributed by atoms with Crippen molar-refractivity contribution in [1.82, 2.24) is 5.32 Å². The van der Waals surface area contributed by atoms with Gasteiger partial charge in [0.15, 0.2) is 5.78 Å². The molecule has 0 spiro atoms. The fraction of sp³-hybridized carbons (Fsp3) is 0.812. The van der Waals surface area contributed by atoms with Crippen LogP contribution in [0.4, 0.5) is 0 Å². The number of nitrogens with zero attached hydrogens (tertiary/aromatic N) is 1. The van der Waals surface area contributed by atoms with Gasteiger partial charge in [-0.15, -0.1) is 0 Å². The van der Waals surface area contributed by atoms with Crippen molar-refractivity contribution < 1.29 is 9.59 Å². The molecule has 21 heavy (non-hydrogen) atoms. The Balaban J connectivity index is 1.58. The number of Topliss-reactive ketones (excluding diaryl/α,β-unsaturated/α-hetero) is 1. The van der Waals surface area contributed by atoms with Crippen molar-refractivity contribution in [3.63, 3.8) is 0 Å². The van der Waals surface area contributed by atoms with Crippen LogP contribution in [0.2, 0.25) is 0 Å². The van der Waals surface area contributed by atoms with Gasteiger partial charge in [-0.1, -0.05) is 20.3 Å². The Morgan fingerprint density at radius 1 is 1.48 bits per heavy atom. The van der Waals surface area contributed by atoms with E-state index in [-0.39, 0.29) is 11.7 Å². The zero-order valence-electron chi connectivity index (χ0n) is 13.0. The molecule has 2 rings (SSSR count). The van der Waals surface area contributed by atoms with E-state index in [9.17, 15) is 9.59 Å². The molecule has 0 aromatic carbocycles. The van der Waals surface area contributed by atoms with Gasteiger partial charge in [0.25, 0.3) is 0 Å². The molecule has 0 aliphatic carbocycles. The van der Waals surface area contributed by atoms with Gasteiger partial charge in [-0.2, -0.15) is 11.8 Å². The standard InChI is InChI=1S/C16H26N2O2S/c1-11(2)8-17-9-12(19)5-3-4-6-15-13-7-16(20)18-14(13)10-21-15/h8,11,13-15H,3-7,9-10H2,1-2H3,(H,18,20)/t13-,14-,15-/m0/s1. The van der Waals surface area contributed by atoms with Gasteiger partial charge in [-0.3, -0.25) is 14.6 Å². The largest absolute Gasteiger partial charge is 0.352 e. The van der Waals surface area contributed by atoms with Gasteiger partial charge in [-0.25, -0.2) is 0 Å². The van der Waals surface area contributed by atoms with E-state index >= 15 is 0 Å². The molecular weight excluding hydrogens is 284 g/mol. The van der Waals surface area contributed by atoms with E-state index < -0.39 is 0 Å². The minimum Gasteiger partial charge on any atom is -0.352 e. The zero-order valence-corrected chi connectivity index (χ0v) is 13.8. The van der Waals surface area contributed by atoms with Crippen molar-refractivity contribution in [3.8, 4) is 0 Å². The van der Waals surface area contributed by atoms with Crippen LogP contribution in [-0.2, 0) is 9.59 Å². The lowest BCUT2D eigenvalue weighted by molar-refractivity contribution is -0.119. The molecule has 2 aliphatic heterocycles. The number of unbranched alkanes of at least 4 members (excludes halogenated alkanes) is 1. The number of hydrogen-bond donors (Lipinski definition) is 1. The first-order valence-corrected chi connectivity index (χ1v) is 9.03. The number of nitrogens with one attached hydrogen (secondary N) is 1. The lowest BCUT2D eigenvalue weighted by Gasteiger charge is -2.15. The topological polar surface area (TPSA) is 58.5 Å². The summed E-state index contributed by atoms with van der Waals surface area (Å²) < 4.78 is 0. The van der Waals surface area contributed by atoms with Crippen LogP contribution in [0.5, 0.6) is 0 Å². The van der Waals surface area contributed by atoms with Crippen molar-refractivity contribution in [2.75, 3.05) is 12.3 Å². The molecule has 3 atom stereocenters. The average Bonchev–Trinajstić information content (AvgIpc) is 2.94. The molecule has 118 valence electrons. The Morgan fingerprint density at radius 3 is 3.05 bits per heavy atom. The molecule has 0 aromatic rings. The number of amides is 1. The Kier molecular flexibility index (Phi) is 6.27. The van der Waals surface area contributed by atoms with Gasteiger partial charge in [0.1, 0.15) is 0 Å². The van der Waals surface area contributed by atoms with E-state index in [2.05, 4.69) is 24.2 Å². The summed E-state index contributed by atoms with van der Waals surface area (Å²) in [7, 11) is 0. The summed E-state index contributed by atoms with van der Waals surface area (Å²) in [6.45, 7) is 4.45. The van der Waals surface area contributed by atoms with Crippen LogP contribution >= 0.6 is 11.8 Å². The summed E-state index contributed by atoms with van der Waals surface area (Å²) in [6.07, 6.45) is 6.34. The third-order valence-electron chi connectivity index (χ3n) is 4.12. The van der Waals surface area contributed by atoms with Gasteiger partial charge in [0, 0.05) is 42.0 Å². The second kappa shape index (κ2) is 7.97. The fourth-order valence-electron chi connectivity index (χ4n) is 3.05. The van der Waals surface area contributed by atoms with Crippen molar-refractivity contribution in [2.45, 2.75) is 57.2 Å². The summed E-state index contributed by atoms with van der Waals surface area (Å²) >= 11 is 1.99. The summed E-state index contributed by atoms with van der Waals surface area (Å²) in [4.78, 5) is 27.2. The average molecular weight is 310 g/mol. The van der Waals surface area contributed by atoms with Crippen molar-refractivity contribution in [1.29, 1.82) is 0 Å². The Bertz CT molecular complexity index is 409. The first kappa shape index (κ1) is 16.5. The number of rotatable bonds is 8. The molecule has 2 heterocycles. The van der Waals surface area contributed by atoms with E-state index in [4.69, 9.17) is 0 Å².